The molecule has 0 aliphatic heterocycles. The summed E-state index contributed by atoms with van der Waals surface area (Å²) in [6.45, 7) is 4.43. The van der Waals surface area contributed by atoms with Crippen LogP contribution in [0.25, 0.3) is 0 Å². The molecular weight excluding hydrogens is 276 g/mol. The number of carbonyl (C=O) groups excluding carboxylic acids is 1. The van der Waals surface area contributed by atoms with Crippen LogP contribution in [0.3, 0.4) is 0 Å². The number of aryl methyl sites for hydroxylation is 1. The smallest absolute Gasteiger partial charge is 0.311 e. The Morgan fingerprint density at radius 3 is 2.68 bits per heavy atom. The van der Waals surface area contributed by atoms with Gasteiger partial charge in [-0.25, -0.2) is 0 Å². The SMILES string of the molecule is COC(=O)[C@@]1(C)CCC[C@@]2(C)c3cc(OC)ccc3CC[C@@H]21. The van der Waals surface area contributed by atoms with Crippen LogP contribution in [0.1, 0.15) is 50.7 Å². The van der Waals surface area contributed by atoms with Gasteiger partial charge in [-0.05, 0) is 67.2 Å². The summed E-state index contributed by atoms with van der Waals surface area (Å²) in [7, 11) is 3.23. The number of esters is 1. The average molecular weight is 302 g/mol. The molecule has 0 heterocycles. The maximum Gasteiger partial charge on any atom is 0.311 e. The number of benzene rings is 1. The molecule has 1 aromatic rings. The summed E-state index contributed by atoms with van der Waals surface area (Å²) in [5.41, 5.74) is 2.44. The van der Waals surface area contributed by atoms with Crippen LogP contribution in [0, 0.1) is 11.3 Å². The Morgan fingerprint density at radius 2 is 2.00 bits per heavy atom. The van der Waals surface area contributed by atoms with Gasteiger partial charge in [0.2, 0.25) is 0 Å². The molecule has 0 unspecified atom stereocenters. The molecule has 2 aliphatic rings. The van der Waals surface area contributed by atoms with Gasteiger partial charge in [0.15, 0.2) is 0 Å². The third-order valence-electron chi connectivity index (χ3n) is 6.22. The average Bonchev–Trinajstić information content (AvgIpc) is 2.53. The molecule has 1 aromatic carbocycles. The first-order chi connectivity index (χ1) is 10.5. The highest BCUT2D eigenvalue weighted by Gasteiger charge is 2.55. The minimum Gasteiger partial charge on any atom is -0.497 e. The summed E-state index contributed by atoms with van der Waals surface area (Å²) in [5.74, 6) is 1.20. The van der Waals surface area contributed by atoms with Crippen LogP contribution in [-0.4, -0.2) is 20.2 Å². The predicted molar refractivity (Wildman–Crippen MR) is 86.1 cm³/mol. The zero-order chi connectivity index (χ0) is 16.0. The molecule has 22 heavy (non-hydrogen) atoms. The Bertz CT molecular complexity index is 594. The quantitative estimate of drug-likeness (QED) is 0.778. The van der Waals surface area contributed by atoms with Crippen molar-refractivity contribution in [1.82, 2.24) is 0 Å². The topological polar surface area (TPSA) is 35.5 Å². The van der Waals surface area contributed by atoms with Crippen molar-refractivity contribution in [3.8, 4) is 5.75 Å². The molecule has 0 amide bonds. The van der Waals surface area contributed by atoms with Crippen LogP contribution in [-0.2, 0) is 21.4 Å². The highest BCUT2D eigenvalue weighted by molar-refractivity contribution is 5.77. The monoisotopic (exact) mass is 302 g/mol. The van der Waals surface area contributed by atoms with Crippen LogP contribution in [0.2, 0.25) is 0 Å². The largest absolute Gasteiger partial charge is 0.497 e. The van der Waals surface area contributed by atoms with Gasteiger partial charge >= 0.3 is 5.97 Å². The zero-order valence-electron chi connectivity index (χ0n) is 14.1. The number of hydrogen-bond acceptors (Lipinski definition) is 3. The number of carbonyl (C=O) groups is 1. The lowest BCUT2D eigenvalue weighted by molar-refractivity contribution is -0.161. The van der Waals surface area contributed by atoms with Crippen molar-refractivity contribution >= 4 is 5.97 Å². The minimum atomic E-state index is -0.373. The van der Waals surface area contributed by atoms with E-state index >= 15 is 0 Å². The van der Waals surface area contributed by atoms with E-state index < -0.39 is 0 Å². The summed E-state index contributed by atoms with van der Waals surface area (Å²) >= 11 is 0. The molecule has 0 saturated heterocycles. The van der Waals surface area contributed by atoms with E-state index in [1.54, 1.807) is 7.11 Å². The molecular formula is C19H26O3. The first-order valence-electron chi connectivity index (χ1n) is 8.21. The molecule has 1 saturated carbocycles. The van der Waals surface area contributed by atoms with E-state index in [9.17, 15) is 4.79 Å². The van der Waals surface area contributed by atoms with E-state index in [0.29, 0.717) is 5.92 Å². The Hall–Kier alpha value is -1.51. The van der Waals surface area contributed by atoms with Crippen molar-refractivity contribution in [3.05, 3.63) is 29.3 Å². The van der Waals surface area contributed by atoms with Crippen molar-refractivity contribution in [2.45, 2.75) is 51.4 Å². The second-order valence-corrected chi connectivity index (χ2v) is 7.29. The van der Waals surface area contributed by atoms with Gasteiger partial charge < -0.3 is 9.47 Å². The Morgan fingerprint density at radius 1 is 1.23 bits per heavy atom. The van der Waals surface area contributed by atoms with Crippen LogP contribution in [0.4, 0.5) is 0 Å². The predicted octanol–water partition coefficient (Wildman–Crippen LogP) is 3.88. The van der Waals surface area contributed by atoms with Crippen LogP contribution >= 0.6 is 0 Å². The van der Waals surface area contributed by atoms with E-state index in [1.165, 1.54) is 18.2 Å². The van der Waals surface area contributed by atoms with E-state index in [1.807, 2.05) is 6.07 Å². The van der Waals surface area contributed by atoms with Gasteiger partial charge in [-0.3, -0.25) is 4.79 Å². The number of ether oxygens (including phenoxy) is 2. The lowest BCUT2D eigenvalue weighted by atomic mass is 9.50. The molecule has 2 aliphatic carbocycles. The van der Waals surface area contributed by atoms with Crippen molar-refractivity contribution in [2.24, 2.45) is 11.3 Å². The Balaban J connectivity index is 2.09. The molecule has 1 fully saturated rings. The molecule has 0 radical (unpaired) electrons. The summed E-state index contributed by atoms with van der Waals surface area (Å²) in [6, 6.07) is 6.43. The molecule has 120 valence electrons. The maximum atomic E-state index is 12.5. The van der Waals surface area contributed by atoms with Gasteiger partial charge in [0.05, 0.1) is 19.6 Å². The van der Waals surface area contributed by atoms with Crippen molar-refractivity contribution in [3.63, 3.8) is 0 Å². The van der Waals surface area contributed by atoms with Crippen molar-refractivity contribution in [2.75, 3.05) is 14.2 Å². The van der Waals surface area contributed by atoms with Gasteiger partial charge in [0, 0.05) is 0 Å². The summed E-state index contributed by atoms with van der Waals surface area (Å²) in [4.78, 5) is 12.5. The van der Waals surface area contributed by atoms with E-state index in [-0.39, 0.29) is 16.8 Å². The lowest BCUT2D eigenvalue weighted by Crippen LogP contribution is -2.52. The lowest BCUT2D eigenvalue weighted by Gasteiger charge is -2.54. The fourth-order valence-electron chi connectivity index (χ4n) is 5.04. The number of fused-ring (bicyclic) bond motifs is 3. The van der Waals surface area contributed by atoms with Gasteiger partial charge in [-0.15, -0.1) is 0 Å². The molecule has 3 rings (SSSR count). The normalized spacial score (nSPS) is 33.5. The molecule has 3 heteroatoms. The van der Waals surface area contributed by atoms with Crippen LogP contribution < -0.4 is 4.74 Å². The number of rotatable bonds is 2. The molecule has 0 bridgehead atoms. The van der Waals surface area contributed by atoms with Crippen LogP contribution in [0.5, 0.6) is 5.75 Å². The van der Waals surface area contributed by atoms with E-state index in [4.69, 9.17) is 9.47 Å². The zero-order valence-corrected chi connectivity index (χ0v) is 14.1. The summed E-state index contributed by atoms with van der Waals surface area (Å²) in [5, 5.41) is 0. The number of hydrogen-bond donors (Lipinski definition) is 0. The molecule has 0 spiro atoms. The van der Waals surface area contributed by atoms with Crippen molar-refractivity contribution < 1.29 is 14.3 Å². The highest BCUT2D eigenvalue weighted by atomic mass is 16.5. The second-order valence-electron chi connectivity index (χ2n) is 7.29. The summed E-state index contributed by atoms with van der Waals surface area (Å²) in [6.07, 6.45) is 5.21. The second kappa shape index (κ2) is 5.29. The Kier molecular flexibility index (Phi) is 3.70. The standard InChI is InChI=1S/C19H26O3/c1-18-10-5-11-19(2,17(20)22-4)16(18)9-7-13-6-8-14(21-3)12-15(13)18/h6,8,12,16H,5,7,9-11H2,1-4H3/t16-,18-,19-/m0/s1. The maximum absolute atomic E-state index is 12.5. The van der Waals surface area contributed by atoms with Gasteiger partial charge in [0.25, 0.3) is 0 Å². The summed E-state index contributed by atoms with van der Waals surface area (Å²) < 4.78 is 10.6. The van der Waals surface area contributed by atoms with E-state index in [0.717, 1.165) is 37.9 Å². The van der Waals surface area contributed by atoms with Crippen LogP contribution in [0.15, 0.2) is 18.2 Å². The highest BCUT2D eigenvalue weighted by Crippen LogP contribution is 2.57. The fraction of sp³-hybridized carbons (Fsp3) is 0.632. The molecule has 3 atom stereocenters. The minimum absolute atomic E-state index is 0.0311. The first-order valence-corrected chi connectivity index (χ1v) is 8.21. The van der Waals surface area contributed by atoms with Crippen molar-refractivity contribution in [1.29, 1.82) is 0 Å². The van der Waals surface area contributed by atoms with Gasteiger partial charge in [-0.2, -0.15) is 0 Å². The molecule has 0 N–H and O–H groups in total. The third kappa shape index (κ3) is 2.05. The fourth-order valence-corrected chi connectivity index (χ4v) is 5.04. The molecule has 3 nitrogen and oxygen atoms in total. The number of methoxy groups -OCH3 is 2. The first kappa shape index (κ1) is 15.4. The molecule has 0 aromatic heterocycles. The van der Waals surface area contributed by atoms with E-state index in [2.05, 4.69) is 26.0 Å². The Labute approximate surface area is 133 Å². The van der Waals surface area contributed by atoms with Gasteiger partial charge in [0.1, 0.15) is 5.75 Å². The van der Waals surface area contributed by atoms with Gasteiger partial charge in [-0.1, -0.05) is 19.4 Å². The third-order valence-corrected chi connectivity index (χ3v) is 6.22.